The van der Waals surface area contributed by atoms with E-state index in [1.807, 2.05) is 48.5 Å². The lowest BCUT2D eigenvalue weighted by molar-refractivity contribution is -0.118. The topological polar surface area (TPSA) is 55.4 Å². The van der Waals surface area contributed by atoms with Gasteiger partial charge in [-0.15, -0.1) is 0 Å². The number of methoxy groups -OCH3 is 1. The first-order valence-electron chi connectivity index (χ1n) is 9.42. The Morgan fingerprint density at radius 2 is 1.76 bits per heavy atom. The van der Waals surface area contributed by atoms with Crippen molar-refractivity contribution in [3.63, 3.8) is 0 Å². The zero-order valence-corrected chi connectivity index (χ0v) is 16.4. The Kier molecular flexibility index (Phi) is 4.00. The van der Waals surface area contributed by atoms with Crippen LogP contribution in [0.2, 0.25) is 5.02 Å². The summed E-state index contributed by atoms with van der Waals surface area (Å²) in [5, 5.41) is 3.50. The van der Waals surface area contributed by atoms with Crippen molar-refractivity contribution >= 4 is 29.0 Å². The molecular formula is C24H18ClNO3. The van der Waals surface area contributed by atoms with Crippen molar-refractivity contribution in [1.82, 2.24) is 0 Å². The molecule has 144 valence electrons. The Morgan fingerprint density at radius 3 is 2.45 bits per heavy atom. The molecule has 1 spiro atoms. The van der Waals surface area contributed by atoms with Crippen molar-refractivity contribution < 1.29 is 14.3 Å². The van der Waals surface area contributed by atoms with Gasteiger partial charge in [0, 0.05) is 28.1 Å². The van der Waals surface area contributed by atoms with Gasteiger partial charge in [-0.05, 0) is 35.4 Å². The maximum Gasteiger partial charge on any atom is 0.236 e. The highest BCUT2D eigenvalue weighted by Crippen LogP contribution is 2.70. The molecule has 5 rings (SSSR count). The summed E-state index contributed by atoms with van der Waals surface area (Å²) in [6, 6.07) is 22.1. The van der Waals surface area contributed by atoms with Crippen molar-refractivity contribution in [3.8, 4) is 5.75 Å². The summed E-state index contributed by atoms with van der Waals surface area (Å²) in [6.45, 7) is 0. The highest BCUT2D eigenvalue weighted by molar-refractivity contribution is 6.31. The lowest BCUT2D eigenvalue weighted by Gasteiger charge is -2.10. The van der Waals surface area contributed by atoms with Gasteiger partial charge in [-0.2, -0.15) is 0 Å². The van der Waals surface area contributed by atoms with E-state index in [4.69, 9.17) is 16.3 Å². The predicted octanol–water partition coefficient (Wildman–Crippen LogP) is 4.84. The third-order valence-corrected chi connectivity index (χ3v) is 6.31. The molecule has 1 N–H and O–H groups in total. The van der Waals surface area contributed by atoms with E-state index in [1.165, 1.54) is 0 Å². The predicted molar refractivity (Wildman–Crippen MR) is 112 cm³/mol. The van der Waals surface area contributed by atoms with E-state index in [-0.39, 0.29) is 17.6 Å². The Bertz CT molecular complexity index is 1130. The minimum absolute atomic E-state index is 0.0237. The smallest absolute Gasteiger partial charge is 0.236 e. The maximum atomic E-state index is 13.5. The number of ketones is 1. The molecule has 3 aromatic carbocycles. The Labute approximate surface area is 173 Å². The number of nitrogens with one attached hydrogen (secondary N) is 1. The van der Waals surface area contributed by atoms with E-state index in [1.54, 1.807) is 31.4 Å². The Morgan fingerprint density at radius 1 is 1.03 bits per heavy atom. The van der Waals surface area contributed by atoms with E-state index in [2.05, 4.69) is 5.32 Å². The molecule has 1 fully saturated rings. The summed E-state index contributed by atoms with van der Waals surface area (Å²) in [5.41, 5.74) is 2.16. The third kappa shape index (κ3) is 2.52. The Hall–Kier alpha value is -3.11. The Balaban J connectivity index is 1.65. The van der Waals surface area contributed by atoms with Gasteiger partial charge in [0.05, 0.1) is 12.5 Å². The molecule has 0 unspecified atom stereocenters. The third-order valence-electron chi connectivity index (χ3n) is 6.07. The average molecular weight is 404 g/mol. The fourth-order valence-electron chi connectivity index (χ4n) is 4.74. The van der Waals surface area contributed by atoms with E-state index < -0.39 is 11.3 Å². The summed E-state index contributed by atoms with van der Waals surface area (Å²) in [5.74, 6) is -0.157. The molecule has 2 aliphatic rings. The molecule has 0 saturated heterocycles. The number of carbonyl (C=O) groups excluding carboxylic acids is 2. The van der Waals surface area contributed by atoms with E-state index in [0.717, 1.165) is 16.9 Å². The molecule has 3 aromatic rings. The first-order valence-corrected chi connectivity index (χ1v) is 9.80. The van der Waals surface area contributed by atoms with Crippen LogP contribution in [0.25, 0.3) is 0 Å². The van der Waals surface area contributed by atoms with Gasteiger partial charge in [0.15, 0.2) is 5.78 Å². The number of anilines is 1. The largest absolute Gasteiger partial charge is 0.497 e. The average Bonchev–Trinajstić information content (AvgIpc) is 3.36. The number of benzene rings is 3. The zero-order valence-electron chi connectivity index (χ0n) is 15.7. The first kappa shape index (κ1) is 18.0. The molecule has 0 bridgehead atoms. The number of Topliss-reactive ketones (excluding diaryl/α,β-unsaturated/α-hetero) is 1. The van der Waals surface area contributed by atoms with Crippen molar-refractivity contribution in [1.29, 1.82) is 0 Å². The van der Waals surface area contributed by atoms with Crippen LogP contribution in [0, 0.1) is 5.92 Å². The van der Waals surface area contributed by atoms with Crippen LogP contribution in [0.4, 0.5) is 5.69 Å². The lowest BCUT2D eigenvalue weighted by atomic mass is 9.90. The van der Waals surface area contributed by atoms with E-state index >= 15 is 0 Å². The van der Waals surface area contributed by atoms with Crippen LogP contribution in [0.3, 0.4) is 0 Å². The summed E-state index contributed by atoms with van der Waals surface area (Å²) in [4.78, 5) is 26.7. The van der Waals surface area contributed by atoms with Crippen molar-refractivity contribution in [3.05, 3.63) is 94.5 Å². The summed E-state index contributed by atoms with van der Waals surface area (Å²) < 4.78 is 5.26. The number of hydrogen-bond donors (Lipinski definition) is 1. The standard InChI is InChI=1S/C24H18ClNO3/c1-29-17-10-7-14(8-11-17)20-21(22(27)15-5-3-2-4-6-15)24(20)18-12-9-16(25)13-19(18)26-23(24)28/h2-13,20-21H,1H3,(H,26,28)/t20-,21+,24-/m0/s1. The summed E-state index contributed by atoms with van der Waals surface area (Å²) >= 11 is 6.13. The fraction of sp³-hybridized carbons (Fsp3) is 0.167. The minimum Gasteiger partial charge on any atom is -0.497 e. The molecule has 0 radical (unpaired) electrons. The molecule has 5 heteroatoms. The number of hydrogen-bond acceptors (Lipinski definition) is 3. The van der Waals surface area contributed by atoms with Gasteiger partial charge in [-0.25, -0.2) is 0 Å². The molecule has 29 heavy (non-hydrogen) atoms. The number of carbonyl (C=O) groups is 2. The normalized spacial score (nSPS) is 24.1. The first-order chi connectivity index (χ1) is 14.1. The highest BCUT2D eigenvalue weighted by atomic mass is 35.5. The number of halogens is 1. The van der Waals surface area contributed by atoms with Crippen LogP contribution in [-0.2, 0) is 10.2 Å². The molecule has 1 saturated carbocycles. The van der Waals surface area contributed by atoms with Crippen molar-refractivity contribution in [2.45, 2.75) is 11.3 Å². The molecule has 4 nitrogen and oxygen atoms in total. The number of amides is 1. The number of rotatable bonds is 4. The summed E-state index contributed by atoms with van der Waals surface area (Å²) in [6.07, 6.45) is 0. The second kappa shape index (κ2) is 6.46. The molecular weight excluding hydrogens is 386 g/mol. The number of ether oxygens (including phenoxy) is 1. The fourth-order valence-corrected chi connectivity index (χ4v) is 4.91. The summed E-state index contributed by atoms with van der Waals surface area (Å²) in [7, 11) is 1.61. The van der Waals surface area contributed by atoms with Gasteiger partial charge in [-0.1, -0.05) is 60.1 Å². The van der Waals surface area contributed by atoms with Gasteiger partial charge in [0.1, 0.15) is 5.75 Å². The molecule has 1 heterocycles. The van der Waals surface area contributed by atoms with Crippen molar-refractivity contribution in [2.75, 3.05) is 12.4 Å². The van der Waals surface area contributed by atoms with Crippen LogP contribution in [0.1, 0.15) is 27.4 Å². The van der Waals surface area contributed by atoms with Crippen LogP contribution in [0.5, 0.6) is 5.75 Å². The van der Waals surface area contributed by atoms with Crippen molar-refractivity contribution in [2.24, 2.45) is 5.92 Å². The van der Waals surface area contributed by atoms with Gasteiger partial charge in [-0.3, -0.25) is 9.59 Å². The van der Waals surface area contributed by atoms with E-state index in [0.29, 0.717) is 16.3 Å². The van der Waals surface area contributed by atoms with Gasteiger partial charge in [0.25, 0.3) is 0 Å². The zero-order chi connectivity index (χ0) is 20.2. The van der Waals surface area contributed by atoms with Gasteiger partial charge < -0.3 is 10.1 Å². The van der Waals surface area contributed by atoms with Crippen LogP contribution >= 0.6 is 11.6 Å². The molecule has 0 aromatic heterocycles. The lowest BCUT2D eigenvalue weighted by Crippen LogP contribution is -2.25. The SMILES string of the molecule is COc1ccc([C@H]2[C@H](C(=O)c3ccccc3)[C@@]23C(=O)Nc2cc(Cl)ccc23)cc1. The number of fused-ring (bicyclic) bond motifs is 2. The van der Waals surface area contributed by atoms with Crippen LogP contribution in [0.15, 0.2) is 72.8 Å². The van der Waals surface area contributed by atoms with Crippen LogP contribution < -0.4 is 10.1 Å². The molecule has 3 atom stereocenters. The second-order valence-electron chi connectivity index (χ2n) is 7.47. The minimum atomic E-state index is -0.915. The van der Waals surface area contributed by atoms with Gasteiger partial charge in [0.2, 0.25) is 5.91 Å². The monoisotopic (exact) mass is 403 g/mol. The maximum absolute atomic E-state index is 13.5. The quantitative estimate of drug-likeness (QED) is 0.634. The van der Waals surface area contributed by atoms with E-state index in [9.17, 15) is 9.59 Å². The second-order valence-corrected chi connectivity index (χ2v) is 7.91. The molecule has 1 aliphatic carbocycles. The molecule has 1 amide bonds. The highest BCUT2D eigenvalue weighted by Gasteiger charge is 2.75. The molecule has 1 aliphatic heterocycles. The van der Waals surface area contributed by atoms with Crippen LogP contribution in [-0.4, -0.2) is 18.8 Å². The van der Waals surface area contributed by atoms with Gasteiger partial charge >= 0.3 is 0 Å².